The minimum Gasteiger partial charge on any atom is -0.448 e. The molecule has 0 unspecified atom stereocenters. The van der Waals surface area contributed by atoms with Gasteiger partial charge in [0.2, 0.25) is 0 Å². The third kappa shape index (κ3) is 3.04. The van der Waals surface area contributed by atoms with Gasteiger partial charge in [-0.15, -0.1) is 0 Å². The molecule has 0 atom stereocenters. The lowest BCUT2D eigenvalue weighted by atomic mass is 10.2. The van der Waals surface area contributed by atoms with Crippen LogP contribution in [0.15, 0.2) is 40.8 Å². The third-order valence-electron chi connectivity index (χ3n) is 3.41. The number of nitrogens with zero attached hydrogens (tertiary/aromatic N) is 1. The Balaban J connectivity index is 1.65. The van der Waals surface area contributed by atoms with E-state index in [0.717, 1.165) is 24.5 Å². The van der Waals surface area contributed by atoms with E-state index in [1.54, 1.807) is 6.07 Å². The highest BCUT2D eigenvalue weighted by Crippen LogP contribution is 2.24. The lowest BCUT2D eigenvalue weighted by molar-refractivity contribution is 0.520. The first-order valence-corrected chi connectivity index (χ1v) is 7.02. The largest absolute Gasteiger partial charge is 0.448 e. The fraction of sp³-hybridized carbons (Fsp3) is 0.333. The molecule has 0 aliphatic carbocycles. The summed E-state index contributed by atoms with van der Waals surface area (Å²) in [6.45, 7) is 2.98. The zero-order valence-corrected chi connectivity index (χ0v) is 11.5. The van der Waals surface area contributed by atoms with Crippen molar-refractivity contribution in [2.45, 2.75) is 19.4 Å². The highest BCUT2D eigenvalue weighted by atomic mass is 35.5. The van der Waals surface area contributed by atoms with E-state index in [1.807, 2.05) is 6.07 Å². The van der Waals surface area contributed by atoms with E-state index in [1.165, 1.54) is 18.5 Å². The van der Waals surface area contributed by atoms with Crippen LogP contribution in [-0.2, 0) is 6.54 Å². The topological polar surface area (TPSA) is 28.4 Å². The number of anilines is 2. The van der Waals surface area contributed by atoms with Crippen molar-refractivity contribution >= 4 is 23.0 Å². The van der Waals surface area contributed by atoms with Crippen molar-refractivity contribution in [1.82, 2.24) is 0 Å². The summed E-state index contributed by atoms with van der Waals surface area (Å²) in [5.74, 6) is 0.844. The van der Waals surface area contributed by atoms with Crippen molar-refractivity contribution in [3.8, 4) is 0 Å². The molecule has 2 heterocycles. The predicted molar refractivity (Wildman–Crippen MR) is 78.9 cm³/mol. The smallest absolute Gasteiger partial charge is 0.193 e. The molecule has 0 radical (unpaired) electrons. The summed E-state index contributed by atoms with van der Waals surface area (Å²) in [5, 5.41) is 3.79. The number of benzene rings is 1. The Kier molecular flexibility index (Phi) is 3.65. The molecule has 2 aromatic rings. The average Bonchev–Trinajstić information content (AvgIpc) is 3.08. The van der Waals surface area contributed by atoms with Crippen LogP contribution in [0.2, 0.25) is 5.22 Å². The Bertz CT molecular complexity index is 547. The summed E-state index contributed by atoms with van der Waals surface area (Å²) in [4.78, 5) is 2.43. The summed E-state index contributed by atoms with van der Waals surface area (Å²) in [6.07, 6.45) is 2.59. The Morgan fingerprint density at radius 3 is 2.74 bits per heavy atom. The third-order valence-corrected chi connectivity index (χ3v) is 3.62. The van der Waals surface area contributed by atoms with E-state index >= 15 is 0 Å². The maximum Gasteiger partial charge on any atom is 0.193 e. The molecule has 1 N–H and O–H groups in total. The molecule has 1 aliphatic heterocycles. The highest BCUT2D eigenvalue weighted by molar-refractivity contribution is 6.28. The van der Waals surface area contributed by atoms with Crippen LogP contribution >= 0.6 is 11.6 Å². The molecule has 1 aromatic heterocycles. The van der Waals surface area contributed by atoms with Crippen LogP contribution in [0, 0.1) is 0 Å². The minimum atomic E-state index is 0.433. The summed E-state index contributed by atoms with van der Waals surface area (Å²) >= 11 is 5.75. The Morgan fingerprint density at radius 2 is 2.00 bits per heavy atom. The summed E-state index contributed by atoms with van der Waals surface area (Å²) in [7, 11) is 0. The number of nitrogens with one attached hydrogen (secondary N) is 1. The fourth-order valence-electron chi connectivity index (χ4n) is 2.42. The second kappa shape index (κ2) is 5.57. The average molecular weight is 277 g/mol. The summed E-state index contributed by atoms with van der Waals surface area (Å²) in [6, 6.07) is 12.2. The molecular weight excluding hydrogens is 260 g/mol. The first-order chi connectivity index (χ1) is 9.31. The van der Waals surface area contributed by atoms with Crippen molar-refractivity contribution in [1.29, 1.82) is 0 Å². The molecule has 1 saturated heterocycles. The van der Waals surface area contributed by atoms with Crippen LogP contribution in [0.4, 0.5) is 11.4 Å². The first kappa shape index (κ1) is 12.4. The molecular formula is C15H17ClN2O. The van der Waals surface area contributed by atoms with Crippen molar-refractivity contribution < 1.29 is 4.42 Å². The zero-order chi connectivity index (χ0) is 13.1. The second-order valence-corrected chi connectivity index (χ2v) is 5.18. The van der Waals surface area contributed by atoms with Gasteiger partial charge in [-0.05, 0) is 54.8 Å². The Morgan fingerprint density at radius 1 is 1.16 bits per heavy atom. The molecule has 4 heteroatoms. The summed E-state index contributed by atoms with van der Waals surface area (Å²) < 4.78 is 5.33. The molecule has 1 aromatic carbocycles. The molecule has 100 valence electrons. The Labute approximate surface area is 118 Å². The molecule has 3 nitrogen and oxygen atoms in total. The van der Waals surface area contributed by atoms with Crippen LogP contribution in [0.25, 0.3) is 0 Å². The van der Waals surface area contributed by atoms with Crippen molar-refractivity contribution in [3.05, 3.63) is 47.4 Å². The number of rotatable bonds is 4. The van der Waals surface area contributed by atoms with Crippen LogP contribution in [0.1, 0.15) is 18.6 Å². The van der Waals surface area contributed by atoms with Crippen LogP contribution in [0.3, 0.4) is 0 Å². The van der Waals surface area contributed by atoms with Gasteiger partial charge in [-0.25, -0.2) is 0 Å². The molecule has 0 saturated carbocycles. The lowest BCUT2D eigenvalue weighted by Gasteiger charge is -2.18. The zero-order valence-electron chi connectivity index (χ0n) is 10.7. The molecule has 0 bridgehead atoms. The monoisotopic (exact) mass is 276 g/mol. The number of halogens is 1. The molecule has 19 heavy (non-hydrogen) atoms. The van der Waals surface area contributed by atoms with Gasteiger partial charge in [-0.3, -0.25) is 0 Å². The summed E-state index contributed by atoms with van der Waals surface area (Å²) in [5.41, 5.74) is 2.40. The second-order valence-electron chi connectivity index (χ2n) is 4.80. The number of hydrogen-bond donors (Lipinski definition) is 1. The van der Waals surface area contributed by atoms with Gasteiger partial charge in [-0.2, -0.15) is 0 Å². The predicted octanol–water partition coefficient (Wildman–Crippen LogP) is 4.15. The van der Waals surface area contributed by atoms with Gasteiger partial charge in [0.1, 0.15) is 5.76 Å². The van der Waals surface area contributed by atoms with Gasteiger partial charge in [0.25, 0.3) is 0 Å². The SMILES string of the molecule is Clc1ccc(CNc2cccc(N3CCCC3)c2)o1. The van der Waals surface area contributed by atoms with Gasteiger partial charge in [0.05, 0.1) is 6.54 Å². The fourth-order valence-corrected chi connectivity index (χ4v) is 2.59. The van der Waals surface area contributed by atoms with Crippen molar-refractivity contribution in [2.24, 2.45) is 0 Å². The van der Waals surface area contributed by atoms with Crippen molar-refractivity contribution in [2.75, 3.05) is 23.3 Å². The van der Waals surface area contributed by atoms with Gasteiger partial charge < -0.3 is 14.6 Å². The normalized spacial score (nSPS) is 14.9. The Hall–Kier alpha value is -1.61. The lowest BCUT2D eigenvalue weighted by Crippen LogP contribution is -2.17. The maximum absolute atomic E-state index is 5.75. The highest BCUT2D eigenvalue weighted by Gasteiger charge is 2.12. The van der Waals surface area contributed by atoms with E-state index in [-0.39, 0.29) is 0 Å². The molecule has 0 spiro atoms. The van der Waals surface area contributed by atoms with Gasteiger partial charge in [0.15, 0.2) is 5.22 Å². The van der Waals surface area contributed by atoms with E-state index in [0.29, 0.717) is 11.8 Å². The van der Waals surface area contributed by atoms with Gasteiger partial charge >= 0.3 is 0 Å². The quantitative estimate of drug-likeness (QED) is 0.909. The first-order valence-electron chi connectivity index (χ1n) is 6.64. The number of furan rings is 1. The van der Waals surface area contributed by atoms with E-state index < -0.39 is 0 Å². The number of hydrogen-bond acceptors (Lipinski definition) is 3. The van der Waals surface area contributed by atoms with Gasteiger partial charge in [-0.1, -0.05) is 6.07 Å². The standard InChI is InChI=1S/C15H17ClN2O/c16-15-7-6-14(19-15)11-17-12-4-3-5-13(10-12)18-8-1-2-9-18/h3-7,10,17H,1-2,8-9,11H2. The van der Waals surface area contributed by atoms with Crippen LogP contribution < -0.4 is 10.2 Å². The molecule has 0 amide bonds. The molecule has 3 rings (SSSR count). The molecule has 1 aliphatic rings. The molecule has 1 fully saturated rings. The van der Waals surface area contributed by atoms with E-state index in [4.69, 9.17) is 16.0 Å². The van der Waals surface area contributed by atoms with Crippen LogP contribution in [-0.4, -0.2) is 13.1 Å². The van der Waals surface area contributed by atoms with E-state index in [2.05, 4.69) is 34.5 Å². The van der Waals surface area contributed by atoms with Crippen molar-refractivity contribution in [3.63, 3.8) is 0 Å². The van der Waals surface area contributed by atoms with Crippen LogP contribution in [0.5, 0.6) is 0 Å². The van der Waals surface area contributed by atoms with Gasteiger partial charge in [0, 0.05) is 24.5 Å². The maximum atomic E-state index is 5.75. The minimum absolute atomic E-state index is 0.433. The van der Waals surface area contributed by atoms with E-state index in [9.17, 15) is 0 Å².